The quantitative estimate of drug-likeness (QED) is 0.319. The molecule has 0 bridgehead atoms. The molecule has 2 nitrogen and oxygen atoms in total. The fourth-order valence-electron chi connectivity index (χ4n) is 0.818. The summed E-state index contributed by atoms with van der Waals surface area (Å²) < 4.78 is 0. The van der Waals surface area contributed by atoms with Crippen LogP contribution in [0.2, 0.25) is 0 Å². The van der Waals surface area contributed by atoms with Gasteiger partial charge >= 0.3 is 0 Å². The molecule has 0 rings (SSSR count). The van der Waals surface area contributed by atoms with Crippen molar-refractivity contribution in [1.82, 2.24) is 0 Å². The number of allylic oxidation sites excluding steroid dienone is 2. The lowest BCUT2D eigenvalue weighted by Gasteiger charge is -1.91. The minimum absolute atomic E-state index is 0.664. The van der Waals surface area contributed by atoms with Crippen LogP contribution in [0.3, 0.4) is 0 Å². The van der Waals surface area contributed by atoms with E-state index < -0.39 is 0 Å². The maximum Gasteiger partial charge on any atom is 0.142 e. The molecule has 0 radical (unpaired) electrons. The zero-order chi connectivity index (χ0) is 8.36. The van der Waals surface area contributed by atoms with Gasteiger partial charge in [0.1, 0.15) is 12.6 Å². The Balaban J connectivity index is 2.95. The van der Waals surface area contributed by atoms with E-state index in [0.717, 1.165) is 38.3 Å². The number of rotatable bonds is 7. The number of unbranched alkanes of at least 4 members (excludes halogenated alkanes) is 4. The normalized spacial score (nSPS) is 10.2. The Bertz CT molecular complexity index is 128. The fraction of sp³-hybridized carbons (Fsp3) is 0.556. The zero-order valence-corrected chi connectivity index (χ0v) is 6.66. The van der Waals surface area contributed by atoms with Crippen molar-refractivity contribution < 1.29 is 9.59 Å². The van der Waals surface area contributed by atoms with Gasteiger partial charge in [-0.05, 0) is 25.3 Å². The second kappa shape index (κ2) is 9.08. The average molecular weight is 154 g/mol. The van der Waals surface area contributed by atoms with Crippen LogP contribution in [0, 0.1) is 0 Å². The molecule has 0 aromatic heterocycles. The third-order valence-electron chi connectivity index (χ3n) is 1.41. The molecule has 0 spiro atoms. The molecule has 2 heteroatoms. The topological polar surface area (TPSA) is 34.1 Å². The second-order valence-corrected chi connectivity index (χ2v) is 2.37. The van der Waals surface area contributed by atoms with Gasteiger partial charge in [-0.3, -0.25) is 4.79 Å². The lowest BCUT2D eigenvalue weighted by molar-refractivity contribution is -0.108. The maximum absolute atomic E-state index is 9.88. The summed E-state index contributed by atoms with van der Waals surface area (Å²) in [5.41, 5.74) is 0. The van der Waals surface area contributed by atoms with Gasteiger partial charge in [-0.1, -0.05) is 12.5 Å². The van der Waals surface area contributed by atoms with Crippen LogP contribution in [0.4, 0.5) is 0 Å². The van der Waals surface area contributed by atoms with Crippen molar-refractivity contribution in [2.75, 3.05) is 0 Å². The molecule has 0 amide bonds. The van der Waals surface area contributed by atoms with E-state index in [9.17, 15) is 9.59 Å². The molecule has 0 aliphatic heterocycles. The number of carbonyl (C=O) groups is 2. The van der Waals surface area contributed by atoms with Gasteiger partial charge in [-0.2, -0.15) is 0 Å². The van der Waals surface area contributed by atoms with E-state index in [-0.39, 0.29) is 0 Å². The third-order valence-corrected chi connectivity index (χ3v) is 1.41. The summed E-state index contributed by atoms with van der Waals surface area (Å²) in [6, 6.07) is 0. The second-order valence-electron chi connectivity index (χ2n) is 2.37. The Morgan fingerprint density at radius 1 is 0.909 bits per heavy atom. The van der Waals surface area contributed by atoms with E-state index >= 15 is 0 Å². The number of aldehydes is 2. The summed E-state index contributed by atoms with van der Waals surface area (Å²) in [5, 5.41) is 0. The van der Waals surface area contributed by atoms with Gasteiger partial charge in [0.15, 0.2) is 0 Å². The lowest BCUT2D eigenvalue weighted by Crippen LogP contribution is -1.77. The number of carbonyl (C=O) groups excluding carboxylic acids is 2. The van der Waals surface area contributed by atoms with Crippen molar-refractivity contribution in [2.24, 2.45) is 0 Å². The highest BCUT2D eigenvalue weighted by atomic mass is 16.1. The van der Waals surface area contributed by atoms with Crippen LogP contribution in [0.25, 0.3) is 0 Å². The smallest absolute Gasteiger partial charge is 0.142 e. The molecular weight excluding hydrogens is 140 g/mol. The molecule has 0 saturated heterocycles. The molecule has 0 aromatic rings. The molecule has 0 aromatic carbocycles. The van der Waals surface area contributed by atoms with E-state index in [1.165, 1.54) is 6.08 Å². The first kappa shape index (κ1) is 10.1. The Morgan fingerprint density at radius 3 is 2.27 bits per heavy atom. The third kappa shape index (κ3) is 9.08. The van der Waals surface area contributed by atoms with Crippen LogP contribution < -0.4 is 0 Å². The predicted molar refractivity (Wildman–Crippen MR) is 44.4 cm³/mol. The summed E-state index contributed by atoms with van der Waals surface area (Å²) in [4.78, 5) is 19.7. The summed E-state index contributed by atoms with van der Waals surface area (Å²) in [6.45, 7) is 0. The Morgan fingerprint density at radius 2 is 1.64 bits per heavy atom. The highest BCUT2D eigenvalue weighted by Gasteiger charge is 1.85. The fourth-order valence-corrected chi connectivity index (χ4v) is 0.818. The minimum Gasteiger partial charge on any atom is -0.303 e. The van der Waals surface area contributed by atoms with Crippen molar-refractivity contribution in [3.63, 3.8) is 0 Å². The lowest BCUT2D eigenvalue weighted by atomic mass is 10.1. The molecule has 0 aliphatic rings. The highest BCUT2D eigenvalue weighted by molar-refractivity contribution is 5.64. The monoisotopic (exact) mass is 154 g/mol. The highest BCUT2D eigenvalue weighted by Crippen LogP contribution is 2.01. The Hall–Kier alpha value is -0.920. The summed E-state index contributed by atoms with van der Waals surface area (Å²) >= 11 is 0. The van der Waals surface area contributed by atoms with Crippen LogP contribution >= 0.6 is 0 Å². The van der Waals surface area contributed by atoms with Gasteiger partial charge < -0.3 is 4.79 Å². The molecule has 0 heterocycles. The summed E-state index contributed by atoms with van der Waals surface area (Å²) in [7, 11) is 0. The van der Waals surface area contributed by atoms with Gasteiger partial charge in [-0.15, -0.1) is 0 Å². The number of hydrogen-bond acceptors (Lipinski definition) is 2. The molecule has 0 atom stereocenters. The van der Waals surface area contributed by atoms with Crippen LogP contribution in [0.15, 0.2) is 12.2 Å². The van der Waals surface area contributed by atoms with Crippen molar-refractivity contribution in [1.29, 1.82) is 0 Å². The van der Waals surface area contributed by atoms with Gasteiger partial charge in [0.05, 0.1) is 0 Å². The molecule has 0 aliphatic carbocycles. The van der Waals surface area contributed by atoms with Gasteiger partial charge in [-0.25, -0.2) is 0 Å². The predicted octanol–water partition coefficient (Wildman–Crippen LogP) is 1.89. The van der Waals surface area contributed by atoms with Crippen LogP contribution in [0.5, 0.6) is 0 Å². The van der Waals surface area contributed by atoms with Gasteiger partial charge in [0, 0.05) is 6.42 Å². The summed E-state index contributed by atoms with van der Waals surface area (Å²) in [6.07, 6.45) is 9.81. The van der Waals surface area contributed by atoms with E-state index in [0.29, 0.717) is 6.42 Å². The van der Waals surface area contributed by atoms with Crippen molar-refractivity contribution in [3.05, 3.63) is 12.2 Å². The molecule has 0 unspecified atom stereocenters. The van der Waals surface area contributed by atoms with E-state index in [4.69, 9.17) is 0 Å². The zero-order valence-electron chi connectivity index (χ0n) is 6.66. The van der Waals surface area contributed by atoms with Crippen LogP contribution in [-0.2, 0) is 9.59 Å². The largest absolute Gasteiger partial charge is 0.303 e. The molecule has 0 saturated carbocycles. The van der Waals surface area contributed by atoms with Gasteiger partial charge in [0.25, 0.3) is 0 Å². The first-order valence-electron chi connectivity index (χ1n) is 3.95. The Labute approximate surface area is 67.3 Å². The standard InChI is InChI=1S/C9H14O2/c10-8-6-4-2-1-3-5-7-9-11/h4,6,8-9H,1-3,5,7H2. The molecule has 0 fully saturated rings. The molecule has 62 valence electrons. The molecule has 0 N–H and O–H groups in total. The summed E-state index contributed by atoms with van der Waals surface area (Å²) in [5.74, 6) is 0. The SMILES string of the molecule is O=CC=CCCCCCC=O. The molecule has 11 heavy (non-hydrogen) atoms. The molecular formula is C9H14O2. The van der Waals surface area contributed by atoms with Crippen molar-refractivity contribution in [3.8, 4) is 0 Å². The van der Waals surface area contributed by atoms with E-state index in [2.05, 4.69) is 0 Å². The van der Waals surface area contributed by atoms with Gasteiger partial charge in [0.2, 0.25) is 0 Å². The van der Waals surface area contributed by atoms with Crippen molar-refractivity contribution in [2.45, 2.75) is 32.1 Å². The Kier molecular flexibility index (Phi) is 8.32. The van der Waals surface area contributed by atoms with Crippen molar-refractivity contribution >= 4 is 12.6 Å². The van der Waals surface area contributed by atoms with Crippen LogP contribution in [0.1, 0.15) is 32.1 Å². The number of hydrogen-bond donors (Lipinski definition) is 0. The van der Waals surface area contributed by atoms with Crippen LogP contribution in [-0.4, -0.2) is 12.6 Å². The van der Waals surface area contributed by atoms with E-state index in [1.807, 2.05) is 6.08 Å². The van der Waals surface area contributed by atoms with E-state index in [1.54, 1.807) is 0 Å². The first-order chi connectivity index (χ1) is 5.41. The maximum atomic E-state index is 9.88. The minimum atomic E-state index is 0.664. The first-order valence-corrected chi connectivity index (χ1v) is 3.95. The average Bonchev–Trinajstić information content (AvgIpc) is 2.03.